The van der Waals surface area contributed by atoms with E-state index in [2.05, 4.69) is 26.4 Å². The minimum atomic E-state index is -0.380. The average Bonchev–Trinajstić information content (AvgIpc) is 3.13. The predicted octanol–water partition coefficient (Wildman–Crippen LogP) is 1.83. The fraction of sp³-hybridized carbons (Fsp3) is 0.167. The first-order valence-corrected chi connectivity index (χ1v) is 9.17. The van der Waals surface area contributed by atoms with E-state index in [0.29, 0.717) is 10.7 Å². The number of nitrogens with zero attached hydrogens (tertiary/aromatic N) is 4. The van der Waals surface area contributed by atoms with Gasteiger partial charge in [0.2, 0.25) is 11.1 Å². The lowest BCUT2D eigenvalue weighted by Gasteiger charge is -2.10. The van der Waals surface area contributed by atoms with Crippen LogP contribution in [0.3, 0.4) is 0 Å². The van der Waals surface area contributed by atoms with Crippen LogP contribution in [-0.2, 0) is 4.79 Å². The van der Waals surface area contributed by atoms with Crippen LogP contribution in [0.2, 0.25) is 0 Å². The molecule has 0 aliphatic rings. The second-order valence-electron chi connectivity index (χ2n) is 5.77. The maximum atomic E-state index is 12.0. The third kappa shape index (κ3) is 4.50. The zero-order valence-corrected chi connectivity index (χ0v) is 15.7. The summed E-state index contributed by atoms with van der Waals surface area (Å²) in [6, 6.07) is 14.6. The molecule has 2 amide bonds. The summed E-state index contributed by atoms with van der Waals surface area (Å²) in [5, 5.41) is 12.2. The highest BCUT2D eigenvalue weighted by molar-refractivity contribution is 7.99. The number of benzene rings is 2. The van der Waals surface area contributed by atoms with Crippen molar-refractivity contribution in [3.63, 3.8) is 0 Å². The number of para-hydroxylation sites is 1. The molecule has 0 saturated carbocycles. The zero-order valence-electron chi connectivity index (χ0n) is 14.8. The van der Waals surface area contributed by atoms with E-state index < -0.39 is 0 Å². The van der Waals surface area contributed by atoms with Gasteiger partial charge in [0, 0.05) is 5.56 Å². The van der Waals surface area contributed by atoms with Crippen molar-refractivity contribution in [3.05, 3.63) is 65.2 Å². The summed E-state index contributed by atoms with van der Waals surface area (Å²) in [5.41, 5.74) is 8.19. The molecule has 3 aromatic rings. The van der Waals surface area contributed by atoms with E-state index in [4.69, 9.17) is 0 Å². The number of nitrogens with one attached hydrogen (secondary N) is 2. The lowest BCUT2D eigenvalue weighted by Crippen LogP contribution is -2.42. The maximum Gasteiger partial charge on any atom is 0.269 e. The van der Waals surface area contributed by atoms with Gasteiger partial charge in [0.05, 0.1) is 11.4 Å². The Morgan fingerprint density at radius 1 is 1.00 bits per heavy atom. The molecule has 0 fully saturated rings. The molecule has 9 heteroatoms. The second-order valence-corrected chi connectivity index (χ2v) is 6.71. The molecule has 138 valence electrons. The van der Waals surface area contributed by atoms with Crippen molar-refractivity contribution in [3.8, 4) is 5.69 Å². The van der Waals surface area contributed by atoms with Gasteiger partial charge in [-0.25, -0.2) is 0 Å². The number of tetrazole rings is 1. The Kier molecular flexibility index (Phi) is 5.82. The number of aryl methyl sites for hydroxylation is 2. The Balaban J connectivity index is 1.59. The summed E-state index contributed by atoms with van der Waals surface area (Å²) in [6.45, 7) is 3.95. The van der Waals surface area contributed by atoms with Crippen LogP contribution in [0.4, 0.5) is 0 Å². The van der Waals surface area contributed by atoms with Crippen molar-refractivity contribution in [1.29, 1.82) is 0 Å². The third-order valence-electron chi connectivity index (χ3n) is 3.78. The largest absolute Gasteiger partial charge is 0.272 e. The van der Waals surface area contributed by atoms with Crippen LogP contribution in [0.15, 0.2) is 53.7 Å². The number of thioether (sulfide) groups is 1. The monoisotopic (exact) mass is 382 g/mol. The second kappa shape index (κ2) is 8.45. The summed E-state index contributed by atoms with van der Waals surface area (Å²) in [5.74, 6) is -0.685. The molecule has 0 bridgehead atoms. The molecule has 0 radical (unpaired) electrons. The Morgan fingerprint density at radius 2 is 1.70 bits per heavy atom. The van der Waals surface area contributed by atoms with Gasteiger partial charge in [0.25, 0.3) is 5.91 Å². The van der Waals surface area contributed by atoms with E-state index in [0.717, 1.165) is 16.8 Å². The van der Waals surface area contributed by atoms with Crippen molar-refractivity contribution in [1.82, 2.24) is 31.1 Å². The van der Waals surface area contributed by atoms with Gasteiger partial charge in [-0.15, -0.1) is 5.10 Å². The van der Waals surface area contributed by atoms with E-state index in [1.165, 1.54) is 11.8 Å². The number of carbonyl (C=O) groups excluding carboxylic acids is 2. The topological polar surface area (TPSA) is 102 Å². The van der Waals surface area contributed by atoms with Crippen LogP contribution in [0.25, 0.3) is 5.69 Å². The highest BCUT2D eigenvalue weighted by atomic mass is 32.2. The molecule has 3 rings (SSSR count). The summed E-state index contributed by atoms with van der Waals surface area (Å²) >= 11 is 1.19. The Morgan fingerprint density at radius 3 is 2.41 bits per heavy atom. The Labute approximate surface area is 160 Å². The molecule has 0 aliphatic heterocycles. The average molecular weight is 382 g/mol. The van der Waals surface area contributed by atoms with E-state index >= 15 is 0 Å². The standard InChI is InChI=1S/C18H18N6O2S/c1-12-7-6-8-13(2)16(12)24-18(21-22-23-24)27-11-15(25)19-20-17(26)14-9-4-3-5-10-14/h3-10H,11H2,1-2H3,(H,19,25)(H,20,26). The van der Waals surface area contributed by atoms with Gasteiger partial charge in [-0.1, -0.05) is 48.2 Å². The van der Waals surface area contributed by atoms with Crippen molar-refractivity contribution in [2.45, 2.75) is 19.0 Å². The number of rotatable bonds is 5. The Bertz CT molecular complexity index is 937. The third-order valence-corrected chi connectivity index (χ3v) is 4.70. The first-order valence-electron chi connectivity index (χ1n) is 8.18. The number of hydrogen-bond donors (Lipinski definition) is 2. The van der Waals surface area contributed by atoms with Crippen LogP contribution in [0, 0.1) is 13.8 Å². The molecular weight excluding hydrogens is 364 g/mol. The molecule has 1 aromatic heterocycles. The quantitative estimate of drug-likeness (QED) is 0.516. The van der Waals surface area contributed by atoms with Gasteiger partial charge >= 0.3 is 0 Å². The summed E-state index contributed by atoms with van der Waals surface area (Å²) < 4.78 is 1.62. The number of aromatic nitrogens is 4. The van der Waals surface area contributed by atoms with Gasteiger partial charge in [0.15, 0.2) is 0 Å². The Hall–Kier alpha value is -3.20. The molecule has 0 unspecified atom stereocenters. The van der Waals surface area contributed by atoms with Crippen molar-refractivity contribution in [2.24, 2.45) is 0 Å². The molecule has 2 aromatic carbocycles. The molecule has 2 N–H and O–H groups in total. The fourth-order valence-corrected chi connectivity index (χ4v) is 3.18. The minimum Gasteiger partial charge on any atom is -0.272 e. The molecule has 0 atom stereocenters. The van der Waals surface area contributed by atoms with Crippen LogP contribution in [0.5, 0.6) is 0 Å². The van der Waals surface area contributed by atoms with Gasteiger partial charge in [-0.2, -0.15) is 4.68 Å². The zero-order chi connectivity index (χ0) is 19.2. The summed E-state index contributed by atoms with van der Waals surface area (Å²) in [6.07, 6.45) is 0. The van der Waals surface area contributed by atoms with Crippen LogP contribution in [0.1, 0.15) is 21.5 Å². The first-order chi connectivity index (χ1) is 13.1. The highest BCUT2D eigenvalue weighted by Crippen LogP contribution is 2.23. The predicted molar refractivity (Wildman–Crippen MR) is 101 cm³/mol. The normalized spacial score (nSPS) is 10.4. The van der Waals surface area contributed by atoms with Crippen molar-refractivity contribution < 1.29 is 9.59 Å². The SMILES string of the molecule is Cc1cccc(C)c1-n1nnnc1SCC(=O)NNC(=O)c1ccccc1. The van der Waals surface area contributed by atoms with Crippen molar-refractivity contribution >= 4 is 23.6 Å². The van der Waals surface area contributed by atoms with Crippen LogP contribution >= 0.6 is 11.8 Å². The molecule has 8 nitrogen and oxygen atoms in total. The van der Waals surface area contributed by atoms with E-state index in [9.17, 15) is 9.59 Å². The summed E-state index contributed by atoms with van der Waals surface area (Å²) in [4.78, 5) is 24.0. The first kappa shape index (κ1) is 18.6. The van der Waals surface area contributed by atoms with Crippen LogP contribution in [-0.4, -0.2) is 37.8 Å². The van der Waals surface area contributed by atoms with Crippen molar-refractivity contribution in [2.75, 3.05) is 5.75 Å². The van der Waals surface area contributed by atoms with Gasteiger partial charge in [-0.05, 0) is 47.5 Å². The minimum absolute atomic E-state index is 0.0559. The molecule has 27 heavy (non-hydrogen) atoms. The van der Waals surface area contributed by atoms with Crippen LogP contribution < -0.4 is 10.9 Å². The molecule has 0 spiro atoms. The molecule has 0 saturated heterocycles. The molecule has 0 aliphatic carbocycles. The number of carbonyl (C=O) groups is 2. The smallest absolute Gasteiger partial charge is 0.269 e. The molecular formula is C18H18N6O2S. The number of hydrazine groups is 1. The van der Waals surface area contributed by atoms with E-state index in [-0.39, 0.29) is 17.6 Å². The molecule has 1 heterocycles. The lowest BCUT2D eigenvalue weighted by molar-refractivity contribution is -0.119. The summed E-state index contributed by atoms with van der Waals surface area (Å²) in [7, 11) is 0. The number of hydrogen-bond acceptors (Lipinski definition) is 6. The maximum absolute atomic E-state index is 12.0. The van der Waals surface area contributed by atoms with Gasteiger partial charge < -0.3 is 0 Å². The van der Waals surface area contributed by atoms with E-state index in [1.807, 2.05) is 38.1 Å². The van der Waals surface area contributed by atoms with Gasteiger partial charge in [-0.3, -0.25) is 20.4 Å². The van der Waals surface area contributed by atoms with E-state index in [1.54, 1.807) is 28.9 Å². The number of amides is 2. The fourth-order valence-electron chi connectivity index (χ4n) is 2.50. The lowest BCUT2D eigenvalue weighted by atomic mass is 10.1. The highest BCUT2D eigenvalue weighted by Gasteiger charge is 2.15. The van der Waals surface area contributed by atoms with Gasteiger partial charge in [0.1, 0.15) is 0 Å².